The Morgan fingerprint density at radius 2 is 1.90 bits per heavy atom. The predicted octanol–water partition coefficient (Wildman–Crippen LogP) is 4.43. The third kappa shape index (κ3) is 4.69. The number of rotatable bonds is 5. The van der Waals surface area contributed by atoms with Gasteiger partial charge in [0.2, 0.25) is 0 Å². The largest absolute Gasteiger partial charge is 0.302 e. The molecular formula is C18H24ClNO. The van der Waals surface area contributed by atoms with Crippen molar-refractivity contribution in [3.63, 3.8) is 0 Å². The van der Waals surface area contributed by atoms with Gasteiger partial charge in [0.25, 0.3) is 0 Å². The first kappa shape index (κ1) is 16.3. The molecule has 0 N–H and O–H groups in total. The Morgan fingerprint density at radius 1 is 1.24 bits per heavy atom. The van der Waals surface area contributed by atoms with E-state index in [1.54, 1.807) is 6.08 Å². The first-order chi connectivity index (χ1) is 9.99. The smallest absolute Gasteiger partial charge is 0.162 e. The molecule has 0 spiro atoms. The average Bonchev–Trinajstić information content (AvgIpc) is 2.46. The average molecular weight is 306 g/mol. The highest BCUT2D eigenvalue weighted by molar-refractivity contribution is 6.32. The van der Waals surface area contributed by atoms with Crippen LogP contribution in [0.1, 0.15) is 38.7 Å². The van der Waals surface area contributed by atoms with E-state index < -0.39 is 0 Å². The molecule has 1 saturated heterocycles. The van der Waals surface area contributed by atoms with E-state index in [2.05, 4.69) is 4.90 Å². The molecule has 0 atom stereocenters. The topological polar surface area (TPSA) is 20.3 Å². The molecule has 0 aliphatic carbocycles. The predicted molar refractivity (Wildman–Crippen MR) is 89.6 cm³/mol. The van der Waals surface area contributed by atoms with Gasteiger partial charge in [-0.1, -0.05) is 50.1 Å². The van der Waals surface area contributed by atoms with E-state index in [0.717, 1.165) is 25.2 Å². The van der Waals surface area contributed by atoms with Crippen molar-refractivity contribution in [2.45, 2.75) is 33.1 Å². The fraction of sp³-hybridized carbons (Fsp3) is 0.500. The number of allylic oxidation sites excluding steroid dienone is 1. The molecule has 2 rings (SSSR count). The Hall–Kier alpha value is -1.12. The molecule has 1 aliphatic rings. The Bertz CT molecular complexity index is 516. The molecule has 0 amide bonds. The van der Waals surface area contributed by atoms with E-state index >= 15 is 0 Å². The lowest BCUT2D eigenvalue weighted by Crippen LogP contribution is -2.41. The maximum absolute atomic E-state index is 12.5. The van der Waals surface area contributed by atoms with Crippen molar-refractivity contribution in [2.24, 2.45) is 5.41 Å². The highest BCUT2D eigenvalue weighted by Gasteiger charge is 2.28. The highest BCUT2D eigenvalue weighted by Crippen LogP contribution is 2.23. The second-order valence-electron chi connectivity index (χ2n) is 6.44. The molecule has 21 heavy (non-hydrogen) atoms. The SMILES string of the molecule is CC(C)(CN1CCCCC1)C(=O)/C=C/c1ccccc1Cl. The summed E-state index contributed by atoms with van der Waals surface area (Å²) in [7, 11) is 0. The van der Waals surface area contributed by atoms with Gasteiger partial charge in [-0.3, -0.25) is 4.79 Å². The molecule has 1 aliphatic heterocycles. The summed E-state index contributed by atoms with van der Waals surface area (Å²) in [5, 5.41) is 0.676. The number of carbonyl (C=O) groups excluding carboxylic acids is 1. The summed E-state index contributed by atoms with van der Waals surface area (Å²) < 4.78 is 0. The molecule has 2 nitrogen and oxygen atoms in total. The summed E-state index contributed by atoms with van der Waals surface area (Å²) in [4.78, 5) is 14.9. The Kier molecular flexibility index (Phi) is 5.60. The molecule has 3 heteroatoms. The maximum atomic E-state index is 12.5. The van der Waals surface area contributed by atoms with Crippen LogP contribution in [0.2, 0.25) is 5.02 Å². The lowest BCUT2D eigenvalue weighted by molar-refractivity contribution is -0.123. The van der Waals surface area contributed by atoms with E-state index in [1.165, 1.54) is 19.3 Å². The van der Waals surface area contributed by atoms with Crippen LogP contribution in [-0.4, -0.2) is 30.3 Å². The number of likely N-dealkylation sites (tertiary alicyclic amines) is 1. The molecule has 0 aromatic heterocycles. The van der Waals surface area contributed by atoms with Gasteiger partial charge in [-0.2, -0.15) is 0 Å². The van der Waals surface area contributed by atoms with Crippen LogP contribution in [0.3, 0.4) is 0 Å². The minimum absolute atomic E-state index is 0.160. The van der Waals surface area contributed by atoms with Gasteiger partial charge < -0.3 is 4.90 Å². The van der Waals surface area contributed by atoms with Gasteiger partial charge in [0.1, 0.15) is 0 Å². The third-order valence-electron chi connectivity index (χ3n) is 4.05. The zero-order valence-corrected chi connectivity index (χ0v) is 13.7. The summed E-state index contributed by atoms with van der Waals surface area (Å²) in [6, 6.07) is 7.57. The number of hydrogen-bond donors (Lipinski definition) is 0. The van der Waals surface area contributed by atoms with Crippen LogP contribution in [0.25, 0.3) is 6.08 Å². The number of carbonyl (C=O) groups is 1. The molecule has 1 heterocycles. The molecule has 1 aromatic carbocycles. The highest BCUT2D eigenvalue weighted by atomic mass is 35.5. The van der Waals surface area contributed by atoms with Crippen molar-refractivity contribution >= 4 is 23.5 Å². The molecule has 0 unspecified atom stereocenters. The van der Waals surface area contributed by atoms with Crippen molar-refractivity contribution in [3.8, 4) is 0 Å². The normalized spacial score (nSPS) is 17.3. The van der Waals surface area contributed by atoms with Crippen LogP contribution in [0.15, 0.2) is 30.3 Å². The summed E-state index contributed by atoms with van der Waals surface area (Å²) in [5.41, 5.74) is 0.538. The second-order valence-corrected chi connectivity index (χ2v) is 6.85. The zero-order chi connectivity index (χ0) is 15.3. The Balaban J connectivity index is 1.99. The van der Waals surface area contributed by atoms with Crippen molar-refractivity contribution in [1.29, 1.82) is 0 Å². The Morgan fingerprint density at radius 3 is 2.57 bits per heavy atom. The van der Waals surface area contributed by atoms with Crippen LogP contribution in [0.5, 0.6) is 0 Å². The lowest BCUT2D eigenvalue weighted by atomic mass is 9.86. The van der Waals surface area contributed by atoms with Crippen molar-refractivity contribution in [1.82, 2.24) is 4.90 Å². The zero-order valence-electron chi connectivity index (χ0n) is 12.9. The lowest BCUT2D eigenvalue weighted by Gasteiger charge is -2.33. The second kappa shape index (κ2) is 7.24. The summed E-state index contributed by atoms with van der Waals surface area (Å²) in [5.74, 6) is 0.160. The van der Waals surface area contributed by atoms with Crippen LogP contribution < -0.4 is 0 Å². The molecule has 1 fully saturated rings. The van der Waals surface area contributed by atoms with E-state index in [4.69, 9.17) is 11.6 Å². The number of ketones is 1. The fourth-order valence-corrected chi connectivity index (χ4v) is 2.95. The number of benzene rings is 1. The van der Waals surface area contributed by atoms with Gasteiger partial charge in [-0.25, -0.2) is 0 Å². The van der Waals surface area contributed by atoms with Crippen molar-refractivity contribution < 1.29 is 4.79 Å². The van der Waals surface area contributed by atoms with Gasteiger partial charge >= 0.3 is 0 Å². The standard InChI is InChI=1S/C18H24ClNO/c1-18(2,14-20-12-6-3-7-13-20)17(21)11-10-15-8-4-5-9-16(15)19/h4-5,8-11H,3,6-7,12-14H2,1-2H3/b11-10+. The quantitative estimate of drug-likeness (QED) is 0.750. The van der Waals surface area contributed by atoms with E-state index in [-0.39, 0.29) is 11.2 Å². The van der Waals surface area contributed by atoms with Gasteiger partial charge in [-0.05, 0) is 49.7 Å². The molecular weight excluding hydrogens is 282 g/mol. The molecule has 0 radical (unpaired) electrons. The molecule has 1 aromatic rings. The number of piperidine rings is 1. The van der Waals surface area contributed by atoms with Crippen LogP contribution >= 0.6 is 11.6 Å². The van der Waals surface area contributed by atoms with Crippen LogP contribution in [0.4, 0.5) is 0 Å². The van der Waals surface area contributed by atoms with Crippen molar-refractivity contribution in [3.05, 3.63) is 40.9 Å². The van der Waals surface area contributed by atoms with Gasteiger partial charge in [-0.15, -0.1) is 0 Å². The minimum atomic E-state index is -0.352. The molecule has 0 saturated carbocycles. The van der Waals surface area contributed by atoms with Crippen LogP contribution in [-0.2, 0) is 4.79 Å². The summed E-state index contributed by atoms with van der Waals surface area (Å²) in [6.07, 6.45) is 7.31. The third-order valence-corrected chi connectivity index (χ3v) is 4.40. The Labute approximate surface area is 132 Å². The summed E-state index contributed by atoms with van der Waals surface area (Å²) in [6.45, 7) is 7.12. The number of halogens is 1. The van der Waals surface area contributed by atoms with Crippen molar-refractivity contribution in [2.75, 3.05) is 19.6 Å². The summed E-state index contributed by atoms with van der Waals surface area (Å²) >= 11 is 6.11. The first-order valence-electron chi connectivity index (χ1n) is 7.68. The van der Waals surface area contributed by atoms with E-state index in [1.807, 2.05) is 44.2 Å². The monoisotopic (exact) mass is 305 g/mol. The maximum Gasteiger partial charge on any atom is 0.162 e. The number of nitrogens with zero attached hydrogens (tertiary/aromatic N) is 1. The van der Waals surface area contributed by atoms with Gasteiger partial charge in [0.15, 0.2) is 5.78 Å². The van der Waals surface area contributed by atoms with E-state index in [9.17, 15) is 4.79 Å². The molecule has 114 valence electrons. The minimum Gasteiger partial charge on any atom is -0.302 e. The van der Waals surface area contributed by atoms with E-state index in [0.29, 0.717) is 5.02 Å². The number of hydrogen-bond acceptors (Lipinski definition) is 2. The molecule has 0 bridgehead atoms. The van der Waals surface area contributed by atoms with Gasteiger partial charge in [0, 0.05) is 17.0 Å². The van der Waals surface area contributed by atoms with Gasteiger partial charge in [0.05, 0.1) is 0 Å². The van der Waals surface area contributed by atoms with Crippen LogP contribution in [0, 0.1) is 5.41 Å². The first-order valence-corrected chi connectivity index (χ1v) is 8.06. The fourth-order valence-electron chi connectivity index (χ4n) is 2.76.